The monoisotopic (exact) mass is 395 g/mol. The summed E-state index contributed by atoms with van der Waals surface area (Å²) in [5.41, 5.74) is 8.25. The Morgan fingerprint density at radius 2 is 2.14 bits per heavy atom. The van der Waals surface area contributed by atoms with Gasteiger partial charge >= 0.3 is 0 Å². The van der Waals surface area contributed by atoms with Crippen LogP contribution in [0.2, 0.25) is 0 Å². The van der Waals surface area contributed by atoms with E-state index in [1.54, 1.807) is 4.31 Å². The number of fused-ring (bicyclic) bond motifs is 2. The Kier molecular flexibility index (Phi) is 4.06. The molecule has 0 spiro atoms. The molecular formula is C19H21N7OS. The summed E-state index contributed by atoms with van der Waals surface area (Å²) >= 11 is -1.08. The van der Waals surface area contributed by atoms with Crippen LogP contribution in [0.5, 0.6) is 0 Å². The number of hydrazine groups is 1. The standard InChI is InChI=1S/C19H21N7OS/c1-24(2)28(27)19-13-7-18(26(19)11-13)23-17-5-4-15-16(22-17)6-12(8-20-15)14-9-21-25(3)10-14/h4-8,10-11,19,21H,9H2,1-3H3,(H,22,23). The summed E-state index contributed by atoms with van der Waals surface area (Å²) in [4.78, 5) is 9.28. The molecule has 3 aromatic heterocycles. The van der Waals surface area contributed by atoms with E-state index in [1.807, 2.05) is 61.3 Å². The third-order valence-electron chi connectivity index (χ3n) is 4.99. The van der Waals surface area contributed by atoms with Crippen molar-refractivity contribution in [2.24, 2.45) is 0 Å². The lowest BCUT2D eigenvalue weighted by atomic mass is 10.1. The number of hydrogen-bond donors (Lipinski definition) is 2. The SMILES string of the molecule is CN1C=C(c2cnc3ccc(Nc4cc5cn4C5[S+]([O-])N(C)C)nc3c2)CN1. The van der Waals surface area contributed by atoms with Crippen molar-refractivity contribution >= 4 is 39.6 Å². The van der Waals surface area contributed by atoms with Crippen LogP contribution in [0.4, 0.5) is 11.6 Å². The fraction of sp³-hybridized carbons (Fsp3) is 0.263. The van der Waals surface area contributed by atoms with Crippen molar-refractivity contribution in [2.45, 2.75) is 5.37 Å². The van der Waals surface area contributed by atoms with Crippen molar-refractivity contribution in [1.29, 1.82) is 0 Å². The van der Waals surface area contributed by atoms with Crippen LogP contribution in [0.25, 0.3) is 16.6 Å². The molecule has 0 radical (unpaired) electrons. The molecule has 6 heterocycles. The first-order chi connectivity index (χ1) is 13.5. The Morgan fingerprint density at radius 1 is 1.29 bits per heavy atom. The minimum absolute atomic E-state index is 0.106. The number of nitrogens with one attached hydrogen (secondary N) is 2. The molecule has 2 atom stereocenters. The molecule has 0 amide bonds. The number of nitrogens with zero attached hydrogens (tertiary/aromatic N) is 5. The van der Waals surface area contributed by atoms with Gasteiger partial charge in [-0.15, -0.1) is 4.31 Å². The third-order valence-corrected chi connectivity index (χ3v) is 6.59. The fourth-order valence-electron chi connectivity index (χ4n) is 3.52. The molecule has 144 valence electrons. The summed E-state index contributed by atoms with van der Waals surface area (Å²) in [6.45, 7) is 0.780. The highest BCUT2D eigenvalue weighted by molar-refractivity contribution is 7.89. The summed E-state index contributed by atoms with van der Waals surface area (Å²) < 4.78 is 16.1. The van der Waals surface area contributed by atoms with Gasteiger partial charge in [-0.3, -0.25) is 9.55 Å². The molecule has 3 aliphatic heterocycles. The highest BCUT2D eigenvalue weighted by atomic mass is 32.2. The maximum atomic E-state index is 12.4. The molecule has 0 fully saturated rings. The third kappa shape index (κ3) is 2.83. The van der Waals surface area contributed by atoms with E-state index in [9.17, 15) is 4.55 Å². The van der Waals surface area contributed by atoms with E-state index in [0.29, 0.717) is 0 Å². The smallest absolute Gasteiger partial charge is 0.240 e. The normalized spacial score (nSPS) is 19.1. The van der Waals surface area contributed by atoms with Crippen molar-refractivity contribution in [1.82, 2.24) is 29.3 Å². The molecule has 0 saturated heterocycles. The molecule has 28 heavy (non-hydrogen) atoms. The van der Waals surface area contributed by atoms with Crippen LogP contribution in [0.3, 0.4) is 0 Å². The Bertz CT molecular complexity index is 1090. The summed E-state index contributed by atoms with van der Waals surface area (Å²) in [7, 11) is 5.62. The van der Waals surface area contributed by atoms with Crippen molar-refractivity contribution < 1.29 is 4.55 Å². The highest BCUT2D eigenvalue weighted by Gasteiger charge is 2.40. The lowest BCUT2D eigenvalue weighted by molar-refractivity contribution is 0.374. The molecule has 0 aromatic carbocycles. The summed E-state index contributed by atoms with van der Waals surface area (Å²) in [5, 5.41) is 5.19. The van der Waals surface area contributed by atoms with E-state index in [-0.39, 0.29) is 5.37 Å². The zero-order valence-corrected chi connectivity index (χ0v) is 16.7. The molecule has 6 rings (SSSR count). The summed E-state index contributed by atoms with van der Waals surface area (Å²) in [5.74, 6) is 1.64. The molecule has 9 heteroatoms. The average molecular weight is 395 g/mol. The number of anilines is 2. The minimum atomic E-state index is -1.08. The quantitative estimate of drug-likeness (QED) is 0.640. The Hall–Kier alpha value is -2.59. The largest absolute Gasteiger partial charge is 0.596 e. The molecular weight excluding hydrogens is 374 g/mol. The van der Waals surface area contributed by atoms with Gasteiger partial charge < -0.3 is 14.9 Å². The van der Waals surface area contributed by atoms with Gasteiger partial charge in [0, 0.05) is 57.4 Å². The molecule has 2 N–H and O–H groups in total. The zero-order valence-electron chi connectivity index (χ0n) is 15.9. The van der Waals surface area contributed by atoms with Crippen molar-refractivity contribution in [3.8, 4) is 0 Å². The Labute approximate surface area is 166 Å². The first-order valence-corrected chi connectivity index (χ1v) is 10.2. The van der Waals surface area contributed by atoms with Crippen LogP contribution < -0.4 is 10.7 Å². The van der Waals surface area contributed by atoms with Gasteiger partial charge in [-0.1, -0.05) is 0 Å². The maximum Gasteiger partial charge on any atom is 0.240 e. The average Bonchev–Trinajstić information content (AvgIpc) is 3.35. The molecule has 0 aliphatic carbocycles. The topological polar surface area (TPSA) is 84.3 Å². The van der Waals surface area contributed by atoms with Gasteiger partial charge in [-0.05, 0) is 29.8 Å². The Balaban J connectivity index is 1.41. The number of hydrogen-bond acceptors (Lipinski definition) is 7. The maximum absolute atomic E-state index is 12.4. The lowest BCUT2D eigenvalue weighted by Gasteiger charge is -2.29. The minimum Gasteiger partial charge on any atom is -0.596 e. The molecule has 2 unspecified atom stereocenters. The fourth-order valence-corrected chi connectivity index (χ4v) is 4.65. The van der Waals surface area contributed by atoms with Crippen molar-refractivity contribution in [3.63, 3.8) is 0 Å². The van der Waals surface area contributed by atoms with Crippen LogP contribution in [0, 0.1) is 0 Å². The van der Waals surface area contributed by atoms with Crippen LogP contribution in [0.1, 0.15) is 16.5 Å². The summed E-state index contributed by atoms with van der Waals surface area (Å²) in [6, 6.07) is 7.97. The van der Waals surface area contributed by atoms with E-state index in [0.717, 1.165) is 40.3 Å². The van der Waals surface area contributed by atoms with Crippen molar-refractivity contribution in [3.05, 3.63) is 54.0 Å². The van der Waals surface area contributed by atoms with E-state index >= 15 is 0 Å². The second kappa shape index (κ2) is 6.49. The molecule has 8 nitrogen and oxygen atoms in total. The molecule has 3 aliphatic rings. The summed E-state index contributed by atoms with van der Waals surface area (Å²) in [6.07, 6.45) is 5.95. The van der Waals surface area contributed by atoms with E-state index < -0.39 is 11.4 Å². The molecule has 0 saturated carbocycles. The van der Waals surface area contributed by atoms with Gasteiger partial charge in [0.2, 0.25) is 5.37 Å². The van der Waals surface area contributed by atoms with E-state index in [4.69, 9.17) is 4.98 Å². The first kappa shape index (κ1) is 17.5. The van der Waals surface area contributed by atoms with Gasteiger partial charge in [0.05, 0.1) is 22.4 Å². The molecule has 3 aromatic rings. The van der Waals surface area contributed by atoms with E-state index in [1.165, 1.54) is 5.57 Å². The predicted molar refractivity (Wildman–Crippen MR) is 111 cm³/mol. The first-order valence-electron chi connectivity index (χ1n) is 9.00. The second-order valence-corrected chi connectivity index (χ2v) is 8.92. The van der Waals surface area contributed by atoms with E-state index in [2.05, 4.69) is 28.0 Å². The van der Waals surface area contributed by atoms with Gasteiger partial charge in [-0.25, -0.2) is 10.4 Å². The van der Waals surface area contributed by atoms with Gasteiger partial charge in [-0.2, -0.15) is 0 Å². The van der Waals surface area contributed by atoms with Crippen LogP contribution >= 0.6 is 0 Å². The van der Waals surface area contributed by atoms with Crippen LogP contribution in [-0.4, -0.2) is 56.1 Å². The zero-order chi connectivity index (χ0) is 19.4. The van der Waals surface area contributed by atoms with Crippen LogP contribution in [0.15, 0.2) is 42.9 Å². The number of pyridine rings is 2. The Morgan fingerprint density at radius 3 is 2.89 bits per heavy atom. The number of rotatable bonds is 5. The predicted octanol–water partition coefficient (Wildman–Crippen LogP) is 2.05. The lowest BCUT2D eigenvalue weighted by Crippen LogP contribution is -2.34. The van der Waals surface area contributed by atoms with Gasteiger partial charge in [0.15, 0.2) is 0 Å². The van der Waals surface area contributed by atoms with Crippen LogP contribution in [-0.2, 0) is 11.4 Å². The van der Waals surface area contributed by atoms with Gasteiger partial charge in [0.25, 0.3) is 0 Å². The molecule has 2 bridgehead atoms. The highest BCUT2D eigenvalue weighted by Crippen LogP contribution is 2.42. The van der Waals surface area contributed by atoms with Gasteiger partial charge in [0.1, 0.15) is 11.6 Å². The van der Waals surface area contributed by atoms with Crippen molar-refractivity contribution in [2.75, 3.05) is 33.0 Å². The second-order valence-electron chi connectivity index (χ2n) is 7.19. The number of aromatic nitrogens is 3.